The van der Waals surface area contributed by atoms with Crippen LogP contribution < -0.4 is 15.2 Å². The summed E-state index contributed by atoms with van der Waals surface area (Å²) in [5.41, 5.74) is 2.69. The number of rotatable bonds is 5. The third kappa shape index (κ3) is 4.76. The Labute approximate surface area is 219 Å². The molecule has 2 aliphatic heterocycles. The van der Waals surface area contributed by atoms with Gasteiger partial charge >= 0.3 is 0 Å². The smallest absolute Gasteiger partial charge is 0.267 e. The molecule has 2 aromatic heterocycles. The molecule has 0 unspecified atom stereocenters. The van der Waals surface area contributed by atoms with Gasteiger partial charge in [-0.15, -0.1) is 0 Å². The van der Waals surface area contributed by atoms with E-state index in [1.807, 2.05) is 43.3 Å². The second-order valence-corrected chi connectivity index (χ2v) is 10.7. The molecule has 1 aromatic carbocycles. The number of hydrogen-bond acceptors (Lipinski definition) is 8. The second kappa shape index (κ2) is 10.0. The number of pyridine rings is 1. The van der Waals surface area contributed by atoms with Crippen LogP contribution in [0.1, 0.15) is 16.7 Å². The van der Waals surface area contributed by atoms with Crippen LogP contribution in [0.2, 0.25) is 0 Å². The fourth-order valence-electron chi connectivity index (χ4n) is 4.31. The second-order valence-electron chi connectivity index (χ2n) is 9.00. The van der Waals surface area contributed by atoms with Gasteiger partial charge in [-0.2, -0.15) is 0 Å². The highest BCUT2D eigenvalue weighted by molar-refractivity contribution is 8.26. The Morgan fingerprint density at radius 1 is 1.08 bits per heavy atom. The Kier molecular flexibility index (Phi) is 6.83. The van der Waals surface area contributed by atoms with E-state index < -0.39 is 0 Å². The summed E-state index contributed by atoms with van der Waals surface area (Å²) in [6, 6.07) is 11.3. The van der Waals surface area contributed by atoms with Crippen molar-refractivity contribution in [3.8, 4) is 5.75 Å². The summed E-state index contributed by atoms with van der Waals surface area (Å²) in [5, 5.41) is 0. The lowest BCUT2D eigenvalue weighted by atomic mass is 10.2. The minimum absolute atomic E-state index is 0.196. The fourth-order valence-corrected chi connectivity index (χ4v) is 5.55. The third-order valence-corrected chi connectivity index (χ3v) is 7.81. The number of anilines is 1. The van der Waals surface area contributed by atoms with Gasteiger partial charge in [0.2, 0.25) is 0 Å². The number of carbonyl (C=O) groups is 1. The maximum absolute atomic E-state index is 13.7. The number of thiocarbonyl (C=S) groups is 1. The topological polar surface area (TPSA) is 70.4 Å². The molecule has 0 N–H and O–H groups in total. The van der Waals surface area contributed by atoms with Crippen molar-refractivity contribution >= 4 is 51.7 Å². The summed E-state index contributed by atoms with van der Waals surface area (Å²) < 4.78 is 7.24. The van der Waals surface area contributed by atoms with Gasteiger partial charge in [-0.3, -0.25) is 18.9 Å². The van der Waals surface area contributed by atoms with E-state index in [0.717, 1.165) is 43.1 Å². The van der Waals surface area contributed by atoms with Crippen LogP contribution in [0, 0.1) is 6.92 Å². The average Bonchev–Trinajstić information content (AvgIpc) is 3.14. The van der Waals surface area contributed by atoms with E-state index in [-0.39, 0.29) is 11.5 Å². The lowest BCUT2D eigenvalue weighted by Gasteiger charge is -2.34. The predicted octanol–water partition coefficient (Wildman–Crippen LogP) is 3.16. The highest BCUT2D eigenvalue weighted by Gasteiger charge is 2.33. The highest BCUT2D eigenvalue weighted by Crippen LogP contribution is 2.34. The number of ether oxygens (including phenoxy) is 1. The monoisotopic (exact) mass is 521 g/mol. The Morgan fingerprint density at radius 3 is 2.50 bits per heavy atom. The molecule has 0 atom stereocenters. The molecule has 1 amide bonds. The van der Waals surface area contributed by atoms with E-state index in [0.29, 0.717) is 32.8 Å². The maximum Gasteiger partial charge on any atom is 0.267 e. The molecular formula is C26H27N5O3S2. The van der Waals surface area contributed by atoms with Gasteiger partial charge < -0.3 is 14.5 Å². The summed E-state index contributed by atoms with van der Waals surface area (Å²) in [6.07, 6.45) is 3.45. The van der Waals surface area contributed by atoms with Crippen molar-refractivity contribution in [2.75, 3.05) is 45.2 Å². The standard InChI is InChI=1S/C26H27N5O3S2/c1-17-4-9-22-27-23(29-12-10-28(2)11-13-29)20(24(32)30(22)15-17)14-21-25(33)31(26(35)36-21)16-18-5-7-19(34-3)8-6-18/h4-9,14-15H,10-13,16H2,1-3H3/b21-14+. The van der Waals surface area contributed by atoms with Crippen LogP contribution in [-0.2, 0) is 11.3 Å². The van der Waals surface area contributed by atoms with Crippen molar-refractivity contribution < 1.29 is 9.53 Å². The SMILES string of the molecule is COc1ccc(CN2C(=O)/C(=C\c3c(N4CCN(C)CC4)nc4ccc(C)cn4c3=O)SC2=S)cc1. The molecule has 10 heteroatoms. The summed E-state index contributed by atoms with van der Waals surface area (Å²) in [7, 11) is 3.70. The van der Waals surface area contributed by atoms with E-state index in [9.17, 15) is 9.59 Å². The number of aryl methyl sites for hydroxylation is 1. The van der Waals surface area contributed by atoms with Crippen LogP contribution in [0.3, 0.4) is 0 Å². The molecule has 2 saturated heterocycles. The molecule has 0 spiro atoms. The van der Waals surface area contributed by atoms with Crippen LogP contribution in [0.5, 0.6) is 5.75 Å². The minimum Gasteiger partial charge on any atom is -0.497 e. The molecule has 2 aliphatic rings. The lowest BCUT2D eigenvalue weighted by molar-refractivity contribution is -0.122. The number of nitrogens with zero attached hydrogens (tertiary/aromatic N) is 5. The zero-order valence-corrected chi connectivity index (χ0v) is 22.1. The Morgan fingerprint density at radius 2 is 1.81 bits per heavy atom. The Balaban J connectivity index is 1.53. The third-order valence-electron chi connectivity index (χ3n) is 6.44. The number of likely N-dealkylation sites (N-methyl/N-ethyl adjacent to an activating group) is 1. The zero-order valence-electron chi connectivity index (χ0n) is 20.4. The Hall–Kier alpha value is -3.21. The molecule has 36 heavy (non-hydrogen) atoms. The number of aromatic nitrogens is 2. The summed E-state index contributed by atoms with van der Waals surface area (Å²) in [4.78, 5) is 38.3. The number of piperazine rings is 1. The van der Waals surface area contributed by atoms with Crippen LogP contribution >= 0.6 is 24.0 Å². The van der Waals surface area contributed by atoms with Gasteiger partial charge in [0.15, 0.2) is 0 Å². The lowest BCUT2D eigenvalue weighted by Crippen LogP contribution is -2.45. The first-order chi connectivity index (χ1) is 17.3. The first-order valence-electron chi connectivity index (χ1n) is 11.7. The molecule has 186 valence electrons. The van der Waals surface area contributed by atoms with Crippen LogP contribution in [0.15, 0.2) is 52.3 Å². The molecule has 0 bridgehead atoms. The van der Waals surface area contributed by atoms with E-state index in [4.69, 9.17) is 21.9 Å². The molecule has 2 fully saturated rings. The summed E-state index contributed by atoms with van der Waals surface area (Å²) in [6.45, 7) is 5.54. The van der Waals surface area contributed by atoms with Crippen molar-refractivity contribution in [2.45, 2.75) is 13.5 Å². The van der Waals surface area contributed by atoms with Gasteiger partial charge in [-0.25, -0.2) is 4.98 Å². The van der Waals surface area contributed by atoms with Gasteiger partial charge in [0.1, 0.15) is 21.5 Å². The molecule has 5 rings (SSSR count). The van der Waals surface area contributed by atoms with Crippen molar-refractivity contribution in [1.29, 1.82) is 0 Å². The molecule has 3 aromatic rings. The van der Waals surface area contributed by atoms with E-state index in [2.05, 4.69) is 16.8 Å². The van der Waals surface area contributed by atoms with Crippen LogP contribution in [0.4, 0.5) is 5.82 Å². The fraction of sp³-hybridized carbons (Fsp3) is 0.308. The molecule has 0 aliphatic carbocycles. The predicted molar refractivity (Wildman–Crippen MR) is 148 cm³/mol. The number of carbonyl (C=O) groups excluding carboxylic acids is 1. The number of fused-ring (bicyclic) bond motifs is 1. The quantitative estimate of drug-likeness (QED) is 0.375. The van der Waals surface area contributed by atoms with Crippen molar-refractivity contribution in [3.63, 3.8) is 0 Å². The summed E-state index contributed by atoms with van der Waals surface area (Å²) >= 11 is 6.76. The largest absolute Gasteiger partial charge is 0.497 e. The number of benzene rings is 1. The van der Waals surface area contributed by atoms with Gasteiger partial charge in [0.05, 0.1) is 24.1 Å². The van der Waals surface area contributed by atoms with Gasteiger partial charge in [-0.05, 0) is 49.4 Å². The maximum atomic E-state index is 13.7. The van der Waals surface area contributed by atoms with Gasteiger partial charge in [0.25, 0.3) is 11.5 Å². The number of hydrogen-bond donors (Lipinski definition) is 0. The van der Waals surface area contributed by atoms with E-state index in [1.165, 1.54) is 11.8 Å². The molecule has 8 nitrogen and oxygen atoms in total. The van der Waals surface area contributed by atoms with Crippen LogP contribution in [-0.4, -0.2) is 69.7 Å². The van der Waals surface area contributed by atoms with E-state index >= 15 is 0 Å². The van der Waals surface area contributed by atoms with Crippen LogP contribution in [0.25, 0.3) is 11.7 Å². The van der Waals surface area contributed by atoms with Gasteiger partial charge in [0, 0.05) is 32.4 Å². The average molecular weight is 522 g/mol. The number of thioether (sulfide) groups is 1. The van der Waals surface area contributed by atoms with Crippen molar-refractivity contribution in [1.82, 2.24) is 19.2 Å². The van der Waals surface area contributed by atoms with Crippen molar-refractivity contribution in [2.24, 2.45) is 0 Å². The van der Waals surface area contributed by atoms with E-state index in [1.54, 1.807) is 28.7 Å². The van der Waals surface area contributed by atoms with Gasteiger partial charge in [-0.1, -0.05) is 42.2 Å². The highest BCUT2D eigenvalue weighted by atomic mass is 32.2. The normalized spacial score (nSPS) is 18.0. The molecule has 0 radical (unpaired) electrons. The molecular weight excluding hydrogens is 494 g/mol. The number of methoxy groups -OCH3 is 1. The number of amides is 1. The minimum atomic E-state index is -0.209. The Bertz CT molecular complexity index is 1430. The molecule has 4 heterocycles. The summed E-state index contributed by atoms with van der Waals surface area (Å²) in [5.74, 6) is 1.15. The first kappa shape index (κ1) is 24.5. The van der Waals surface area contributed by atoms with Crippen molar-refractivity contribution in [3.05, 3.63) is 74.5 Å². The zero-order chi connectivity index (χ0) is 25.4. The molecule has 0 saturated carbocycles. The first-order valence-corrected chi connectivity index (χ1v) is 12.9.